The number of benzene rings is 1. The molecular formula is C21H31NO2. The maximum absolute atomic E-state index is 12.8. The van der Waals surface area contributed by atoms with E-state index in [1.165, 1.54) is 6.42 Å². The van der Waals surface area contributed by atoms with E-state index in [-0.39, 0.29) is 18.2 Å². The molecule has 1 saturated carbocycles. The minimum atomic E-state index is -0.286. The van der Waals surface area contributed by atoms with Gasteiger partial charge in [-0.25, -0.2) is 4.79 Å². The largest absolute Gasteiger partial charge is 0.446 e. The van der Waals surface area contributed by atoms with Gasteiger partial charge in [-0.2, -0.15) is 0 Å². The molecular weight excluding hydrogens is 298 g/mol. The van der Waals surface area contributed by atoms with Crippen LogP contribution in [0.1, 0.15) is 58.6 Å². The zero-order chi connectivity index (χ0) is 17.7. The second-order valence-electron chi connectivity index (χ2n) is 7.42. The van der Waals surface area contributed by atoms with E-state index in [9.17, 15) is 4.79 Å². The second-order valence-corrected chi connectivity index (χ2v) is 7.42. The highest BCUT2D eigenvalue weighted by molar-refractivity contribution is 5.69. The Morgan fingerprint density at radius 2 is 1.92 bits per heavy atom. The van der Waals surface area contributed by atoms with E-state index in [1.54, 1.807) is 11.1 Å². The molecule has 4 unspecified atom stereocenters. The van der Waals surface area contributed by atoms with Crippen molar-refractivity contribution in [3.63, 3.8) is 0 Å². The summed E-state index contributed by atoms with van der Waals surface area (Å²) in [4.78, 5) is 14.4. The number of carbonyl (C=O) groups is 1. The van der Waals surface area contributed by atoms with Gasteiger partial charge in [0.05, 0.1) is 6.04 Å². The molecule has 0 radical (unpaired) electrons. The summed E-state index contributed by atoms with van der Waals surface area (Å²) in [5.41, 5.74) is 1.08. The summed E-state index contributed by atoms with van der Waals surface area (Å²) in [7, 11) is 0. The molecule has 0 aromatic heterocycles. The van der Waals surface area contributed by atoms with Crippen molar-refractivity contribution in [3.8, 4) is 0 Å². The molecule has 24 heavy (non-hydrogen) atoms. The molecule has 3 heteroatoms. The summed E-state index contributed by atoms with van der Waals surface area (Å²) < 4.78 is 5.95. The number of hydrogen-bond donors (Lipinski definition) is 0. The minimum absolute atomic E-state index is 0.00618. The fourth-order valence-corrected chi connectivity index (χ4v) is 3.72. The van der Waals surface area contributed by atoms with E-state index in [4.69, 9.17) is 4.74 Å². The SMILES string of the molecule is C=CN(C(=O)OC1CC(C)CCC1C(C)C)C(C)c1ccccc1. The van der Waals surface area contributed by atoms with Crippen LogP contribution in [0.5, 0.6) is 0 Å². The van der Waals surface area contributed by atoms with Crippen LogP contribution in [0.4, 0.5) is 4.79 Å². The van der Waals surface area contributed by atoms with Gasteiger partial charge < -0.3 is 4.74 Å². The van der Waals surface area contributed by atoms with Gasteiger partial charge in [-0.1, -0.05) is 64.1 Å². The molecule has 0 saturated heterocycles. The summed E-state index contributed by atoms with van der Waals surface area (Å²) in [6.07, 6.45) is 4.62. The number of ether oxygens (including phenoxy) is 1. The molecule has 0 N–H and O–H groups in total. The summed E-state index contributed by atoms with van der Waals surface area (Å²) in [5.74, 6) is 1.59. The third-order valence-electron chi connectivity index (χ3n) is 5.32. The standard InChI is InChI=1S/C21H31NO2/c1-6-22(17(5)18-10-8-7-9-11-18)21(23)24-20-14-16(4)12-13-19(20)15(2)3/h6-11,15-17,19-20H,1,12-14H2,2-5H3. The molecule has 1 aromatic carbocycles. The van der Waals surface area contributed by atoms with Gasteiger partial charge in [-0.15, -0.1) is 0 Å². The number of amides is 1. The molecule has 1 aliphatic rings. The summed E-state index contributed by atoms with van der Waals surface area (Å²) in [6.45, 7) is 12.5. The van der Waals surface area contributed by atoms with Crippen molar-refractivity contribution in [1.82, 2.24) is 4.90 Å². The normalized spacial score (nSPS) is 25.1. The van der Waals surface area contributed by atoms with Crippen LogP contribution in [0, 0.1) is 17.8 Å². The molecule has 3 nitrogen and oxygen atoms in total. The molecule has 0 bridgehead atoms. The lowest BCUT2D eigenvalue weighted by molar-refractivity contribution is -0.00847. The van der Waals surface area contributed by atoms with Crippen LogP contribution in [0.25, 0.3) is 0 Å². The van der Waals surface area contributed by atoms with Crippen LogP contribution in [-0.2, 0) is 4.74 Å². The van der Waals surface area contributed by atoms with Gasteiger partial charge in [0.25, 0.3) is 0 Å². The van der Waals surface area contributed by atoms with E-state index >= 15 is 0 Å². The first-order chi connectivity index (χ1) is 11.4. The highest BCUT2D eigenvalue weighted by atomic mass is 16.6. The second kappa shape index (κ2) is 8.36. The zero-order valence-corrected chi connectivity index (χ0v) is 15.4. The molecule has 1 amide bonds. The van der Waals surface area contributed by atoms with Crippen molar-refractivity contribution in [2.24, 2.45) is 17.8 Å². The predicted octanol–water partition coefficient (Wildman–Crippen LogP) is 5.79. The number of hydrogen-bond acceptors (Lipinski definition) is 2. The summed E-state index contributed by atoms with van der Waals surface area (Å²) in [5, 5.41) is 0. The molecule has 2 rings (SSSR count). The Morgan fingerprint density at radius 1 is 1.25 bits per heavy atom. The van der Waals surface area contributed by atoms with E-state index in [0.717, 1.165) is 18.4 Å². The maximum Gasteiger partial charge on any atom is 0.414 e. The van der Waals surface area contributed by atoms with E-state index in [2.05, 4.69) is 27.4 Å². The minimum Gasteiger partial charge on any atom is -0.446 e. The van der Waals surface area contributed by atoms with Crippen LogP contribution in [-0.4, -0.2) is 17.1 Å². The third kappa shape index (κ3) is 4.40. The number of carbonyl (C=O) groups excluding carboxylic acids is 1. The lowest BCUT2D eigenvalue weighted by Gasteiger charge is -2.38. The van der Waals surface area contributed by atoms with Crippen molar-refractivity contribution in [2.45, 2.75) is 59.1 Å². The Labute approximate surface area is 146 Å². The first kappa shape index (κ1) is 18.6. The first-order valence-corrected chi connectivity index (χ1v) is 9.10. The maximum atomic E-state index is 12.8. The average molecular weight is 329 g/mol. The van der Waals surface area contributed by atoms with E-state index < -0.39 is 0 Å². The Morgan fingerprint density at radius 3 is 2.50 bits per heavy atom. The van der Waals surface area contributed by atoms with Crippen LogP contribution in [0.3, 0.4) is 0 Å². The summed E-state index contributed by atoms with van der Waals surface area (Å²) in [6, 6.07) is 9.90. The van der Waals surface area contributed by atoms with Gasteiger partial charge in [0, 0.05) is 6.20 Å². The Hall–Kier alpha value is -1.77. The molecule has 132 valence electrons. The average Bonchev–Trinajstić information content (AvgIpc) is 2.56. The van der Waals surface area contributed by atoms with Crippen LogP contribution >= 0.6 is 0 Å². The van der Waals surface area contributed by atoms with Crippen LogP contribution in [0.2, 0.25) is 0 Å². The summed E-state index contributed by atoms with van der Waals surface area (Å²) >= 11 is 0. The first-order valence-electron chi connectivity index (χ1n) is 9.10. The Bertz CT molecular complexity index is 540. The van der Waals surface area contributed by atoms with Gasteiger partial charge in [0.15, 0.2) is 0 Å². The Kier molecular flexibility index (Phi) is 6.47. The van der Waals surface area contributed by atoms with Gasteiger partial charge in [0.1, 0.15) is 6.10 Å². The molecule has 1 aliphatic carbocycles. The molecule has 0 spiro atoms. The quantitative estimate of drug-likeness (QED) is 0.684. The predicted molar refractivity (Wildman–Crippen MR) is 98.5 cm³/mol. The fraction of sp³-hybridized carbons (Fsp3) is 0.571. The monoisotopic (exact) mass is 329 g/mol. The molecule has 0 aliphatic heterocycles. The van der Waals surface area contributed by atoms with Gasteiger partial charge in [-0.05, 0) is 43.1 Å². The molecule has 1 aromatic rings. The van der Waals surface area contributed by atoms with Gasteiger partial charge in [-0.3, -0.25) is 4.90 Å². The van der Waals surface area contributed by atoms with E-state index in [1.807, 2.05) is 37.3 Å². The van der Waals surface area contributed by atoms with Gasteiger partial charge in [0.2, 0.25) is 0 Å². The van der Waals surface area contributed by atoms with Crippen molar-refractivity contribution in [3.05, 3.63) is 48.7 Å². The highest BCUT2D eigenvalue weighted by Gasteiger charge is 2.34. The zero-order valence-electron chi connectivity index (χ0n) is 15.4. The Balaban J connectivity index is 2.09. The van der Waals surface area contributed by atoms with Crippen molar-refractivity contribution in [1.29, 1.82) is 0 Å². The highest BCUT2D eigenvalue weighted by Crippen LogP contribution is 2.36. The lowest BCUT2D eigenvalue weighted by atomic mass is 9.75. The van der Waals surface area contributed by atoms with Crippen molar-refractivity contribution >= 4 is 6.09 Å². The number of rotatable bonds is 5. The third-order valence-corrected chi connectivity index (χ3v) is 5.32. The molecule has 1 fully saturated rings. The van der Waals surface area contributed by atoms with E-state index in [0.29, 0.717) is 17.8 Å². The fourth-order valence-electron chi connectivity index (χ4n) is 3.72. The van der Waals surface area contributed by atoms with Gasteiger partial charge >= 0.3 is 6.09 Å². The van der Waals surface area contributed by atoms with Crippen LogP contribution < -0.4 is 0 Å². The van der Waals surface area contributed by atoms with Crippen LogP contribution in [0.15, 0.2) is 43.1 Å². The smallest absolute Gasteiger partial charge is 0.414 e. The topological polar surface area (TPSA) is 29.5 Å². The lowest BCUT2D eigenvalue weighted by Crippen LogP contribution is -2.39. The molecule has 0 heterocycles. The number of nitrogens with zero attached hydrogens (tertiary/aromatic N) is 1. The molecule has 4 atom stereocenters. The van der Waals surface area contributed by atoms with Crippen molar-refractivity contribution in [2.75, 3.05) is 0 Å². The van der Waals surface area contributed by atoms with Crippen molar-refractivity contribution < 1.29 is 9.53 Å².